The summed E-state index contributed by atoms with van der Waals surface area (Å²) in [6.45, 7) is 0. The van der Waals surface area contributed by atoms with E-state index in [1.807, 2.05) is 60.7 Å². The smallest absolute Gasteiger partial charge is 0.264 e. The molecule has 3 rings (SSSR count). The second-order valence-electron chi connectivity index (χ2n) is 6.35. The molecule has 0 saturated carbocycles. The third-order valence-corrected chi connectivity index (χ3v) is 6.21. The van der Waals surface area contributed by atoms with Crippen molar-refractivity contribution in [3.05, 3.63) is 102 Å². The van der Waals surface area contributed by atoms with Gasteiger partial charge in [-0.25, -0.2) is 8.42 Å². The van der Waals surface area contributed by atoms with Gasteiger partial charge >= 0.3 is 0 Å². The van der Waals surface area contributed by atoms with Crippen LogP contribution in [0.5, 0.6) is 0 Å². The molecule has 150 valence electrons. The van der Waals surface area contributed by atoms with Gasteiger partial charge in [0.25, 0.3) is 15.9 Å². The van der Waals surface area contributed by atoms with Gasteiger partial charge in [-0.15, -0.1) is 0 Å². The van der Waals surface area contributed by atoms with Crippen LogP contribution in [0.3, 0.4) is 0 Å². The first-order valence-corrected chi connectivity index (χ1v) is 10.4. The van der Waals surface area contributed by atoms with Gasteiger partial charge in [0.05, 0.1) is 18.0 Å². The van der Waals surface area contributed by atoms with Crippen molar-refractivity contribution in [1.29, 1.82) is 0 Å². The Balaban J connectivity index is 1.92. The van der Waals surface area contributed by atoms with Gasteiger partial charge in [-0.3, -0.25) is 9.63 Å². The minimum Gasteiger partial charge on any atom is -0.341 e. The van der Waals surface area contributed by atoms with E-state index in [1.54, 1.807) is 6.07 Å². The van der Waals surface area contributed by atoms with Crippen LogP contribution in [-0.4, -0.2) is 33.0 Å². The summed E-state index contributed by atoms with van der Waals surface area (Å²) >= 11 is 0. The minimum atomic E-state index is -3.85. The van der Waals surface area contributed by atoms with Gasteiger partial charge in [-0.2, -0.15) is 0 Å². The molecular formula is C22H22N2O4S. The lowest BCUT2D eigenvalue weighted by molar-refractivity contribution is -0.0258. The number of carbonyl (C=O) groups is 1. The molecule has 0 saturated heterocycles. The Labute approximate surface area is 170 Å². The molecule has 6 nitrogen and oxygen atoms in total. The number of carbonyl (C=O) groups excluding carboxylic acids is 1. The second-order valence-corrected chi connectivity index (χ2v) is 8.29. The lowest BCUT2D eigenvalue weighted by Crippen LogP contribution is -2.30. The Morgan fingerprint density at radius 1 is 0.897 bits per heavy atom. The van der Waals surface area contributed by atoms with Crippen LogP contribution in [-0.2, 0) is 14.9 Å². The number of amides is 1. The van der Waals surface area contributed by atoms with Gasteiger partial charge in [0.2, 0.25) is 0 Å². The molecule has 29 heavy (non-hydrogen) atoms. The molecule has 0 fully saturated rings. The number of nitrogens with one attached hydrogen (secondary N) is 1. The zero-order valence-corrected chi connectivity index (χ0v) is 17.0. The zero-order chi connectivity index (χ0) is 20.9. The molecular weight excluding hydrogens is 388 g/mol. The molecule has 0 unspecified atom stereocenters. The van der Waals surface area contributed by atoms with E-state index in [1.165, 1.54) is 32.4 Å². The van der Waals surface area contributed by atoms with Crippen LogP contribution in [0.2, 0.25) is 0 Å². The number of benzene rings is 3. The zero-order valence-electron chi connectivity index (χ0n) is 16.1. The van der Waals surface area contributed by atoms with Crippen molar-refractivity contribution in [2.45, 2.75) is 10.9 Å². The summed E-state index contributed by atoms with van der Waals surface area (Å²) in [5.41, 5.74) is 2.09. The van der Waals surface area contributed by atoms with Crippen molar-refractivity contribution in [3.8, 4) is 0 Å². The largest absolute Gasteiger partial charge is 0.341 e. The number of sulfonamides is 1. The minimum absolute atomic E-state index is 0.0227. The number of rotatable bonds is 7. The van der Waals surface area contributed by atoms with E-state index in [-0.39, 0.29) is 22.4 Å². The normalized spacial score (nSPS) is 11.6. The molecule has 1 N–H and O–H groups in total. The highest BCUT2D eigenvalue weighted by molar-refractivity contribution is 7.89. The summed E-state index contributed by atoms with van der Waals surface area (Å²) in [7, 11) is -1.29. The van der Waals surface area contributed by atoms with Gasteiger partial charge in [-0.1, -0.05) is 71.2 Å². The maximum absolute atomic E-state index is 13.0. The summed E-state index contributed by atoms with van der Waals surface area (Å²) in [5, 5.41) is 3.01. The highest BCUT2D eigenvalue weighted by Crippen LogP contribution is 2.23. The predicted octanol–water partition coefficient (Wildman–Crippen LogP) is 3.39. The van der Waals surface area contributed by atoms with Gasteiger partial charge in [-0.05, 0) is 29.3 Å². The summed E-state index contributed by atoms with van der Waals surface area (Å²) in [6, 6.07) is 24.7. The maximum Gasteiger partial charge on any atom is 0.264 e. The van der Waals surface area contributed by atoms with E-state index in [4.69, 9.17) is 4.84 Å². The van der Waals surface area contributed by atoms with Gasteiger partial charge < -0.3 is 5.32 Å². The fourth-order valence-corrected chi connectivity index (χ4v) is 3.93. The van der Waals surface area contributed by atoms with E-state index in [0.29, 0.717) is 0 Å². The quantitative estimate of drug-likeness (QED) is 0.606. The van der Waals surface area contributed by atoms with Crippen LogP contribution in [0, 0.1) is 0 Å². The van der Waals surface area contributed by atoms with Crippen LogP contribution in [0.15, 0.2) is 89.8 Å². The molecule has 0 atom stereocenters. The molecule has 0 spiro atoms. The molecule has 3 aromatic rings. The molecule has 0 heterocycles. The molecule has 0 aromatic heterocycles. The SMILES string of the molecule is CON(C)S(=O)(=O)c1cccc(C(=O)NC(c2ccccc2)c2ccccc2)c1. The summed E-state index contributed by atoms with van der Waals surface area (Å²) in [6.07, 6.45) is 0. The van der Waals surface area contributed by atoms with E-state index in [9.17, 15) is 13.2 Å². The Kier molecular flexibility index (Phi) is 6.43. The first-order valence-electron chi connectivity index (χ1n) is 8.97. The van der Waals surface area contributed by atoms with Crippen molar-refractivity contribution in [3.63, 3.8) is 0 Å². The predicted molar refractivity (Wildman–Crippen MR) is 111 cm³/mol. The molecule has 0 aliphatic carbocycles. The monoisotopic (exact) mass is 410 g/mol. The number of hydrogen-bond donors (Lipinski definition) is 1. The first-order chi connectivity index (χ1) is 13.9. The summed E-state index contributed by atoms with van der Waals surface area (Å²) in [4.78, 5) is 17.7. The van der Waals surface area contributed by atoms with Gasteiger partial charge in [0.1, 0.15) is 0 Å². The lowest BCUT2D eigenvalue weighted by Gasteiger charge is -2.20. The van der Waals surface area contributed by atoms with Crippen molar-refractivity contribution < 1.29 is 18.0 Å². The van der Waals surface area contributed by atoms with Crippen molar-refractivity contribution in [2.24, 2.45) is 0 Å². The van der Waals surface area contributed by atoms with Crippen LogP contribution in [0.25, 0.3) is 0 Å². The molecule has 1 amide bonds. The Morgan fingerprint density at radius 2 is 1.45 bits per heavy atom. The molecule has 0 aliphatic rings. The van der Waals surface area contributed by atoms with Gasteiger partial charge in [0.15, 0.2) is 0 Å². The average Bonchev–Trinajstić information content (AvgIpc) is 2.78. The number of hydroxylamine groups is 1. The van der Waals surface area contributed by atoms with Crippen LogP contribution < -0.4 is 5.32 Å². The topological polar surface area (TPSA) is 75.7 Å². The fourth-order valence-electron chi connectivity index (χ4n) is 2.91. The van der Waals surface area contributed by atoms with E-state index < -0.39 is 10.0 Å². The van der Waals surface area contributed by atoms with E-state index in [2.05, 4.69) is 5.32 Å². The maximum atomic E-state index is 13.0. The summed E-state index contributed by atoms with van der Waals surface area (Å²) in [5.74, 6) is -0.375. The van der Waals surface area contributed by atoms with Crippen LogP contribution >= 0.6 is 0 Å². The van der Waals surface area contributed by atoms with E-state index >= 15 is 0 Å². The fraction of sp³-hybridized carbons (Fsp3) is 0.136. The lowest BCUT2D eigenvalue weighted by atomic mass is 9.98. The molecule has 0 bridgehead atoms. The van der Waals surface area contributed by atoms with Crippen molar-refractivity contribution in [1.82, 2.24) is 9.79 Å². The molecule has 0 radical (unpaired) electrons. The summed E-state index contributed by atoms with van der Waals surface area (Å²) < 4.78 is 25.7. The van der Waals surface area contributed by atoms with Crippen molar-refractivity contribution >= 4 is 15.9 Å². The van der Waals surface area contributed by atoms with Gasteiger partial charge in [0, 0.05) is 12.6 Å². The first kappa shape index (κ1) is 20.7. The number of hydrogen-bond acceptors (Lipinski definition) is 4. The second kappa shape index (κ2) is 9.00. The number of nitrogens with zero attached hydrogens (tertiary/aromatic N) is 1. The van der Waals surface area contributed by atoms with Crippen LogP contribution in [0.1, 0.15) is 27.5 Å². The molecule has 3 aromatic carbocycles. The highest BCUT2D eigenvalue weighted by Gasteiger charge is 2.23. The van der Waals surface area contributed by atoms with E-state index in [0.717, 1.165) is 15.6 Å². The standard InChI is InChI=1S/C22H22N2O4S/c1-24(28-2)29(26,27)20-15-9-14-19(16-20)22(25)23-21(17-10-5-3-6-11-17)18-12-7-4-8-13-18/h3-16,21H,1-2H3,(H,23,25). The Hall–Kier alpha value is -3.00. The highest BCUT2D eigenvalue weighted by atomic mass is 32.2. The van der Waals surface area contributed by atoms with Crippen LogP contribution in [0.4, 0.5) is 0 Å². The molecule has 0 aliphatic heterocycles. The third-order valence-electron chi connectivity index (χ3n) is 4.53. The Morgan fingerprint density at radius 3 is 1.97 bits per heavy atom. The molecule has 7 heteroatoms. The third kappa shape index (κ3) is 4.71. The Bertz CT molecular complexity index is 1030. The average molecular weight is 410 g/mol. The van der Waals surface area contributed by atoms with Crippen molar-refractivity contribution in [2.75, 3.05) is 14.2 Å².